The van der Waals surface area contributed by atoms with Gasteiger partial charge in [-0.2, -0.15) is 5.10 Å². The molecule has 0 fully saturated rings. The molecule has 1 heterocycles. The fourth-order valence-electron chi connectivity index (χ4n) is 2.69. The predicted molar refractivity (Wildman–Crippen MR) is 95.6 cm³/mol. The molecule has 0 saturated heterocycles. The standard InChI is InChI=1S/C19H19N3O2/c1-11-6-8-16-14(9-11)18(23)17(21-22(16)4)19(24)20-15-10-12(2)5-7-13(15)3/h5-10H,1-4H3,(H,20,24). The zero-order valence-corrected chi connectivity index (χ0v) is 14.2. The smallest absolute Gasteiger partial charge is 0.280 e. The summed E-state index contributed by atoms with van der Waals surface area (Å²) in [5.41, 5.74) is 3.87. The van der Waals surface area contributed by atoms with Crippen molar-refractivity contribution in [2.24, 2.45) is 7.05 Å². The number of hydrogen-bond donors (Lipinski definition) is 1. The Kier molecular flexibility index (Phi) is 3.93. The van der Waals surface area contributed by atoms with Gasteiger partial charge in [-0.3, -0.25) is 14.3 Å². The van der Waals surface area contributed by atoms with Gasteiger partial charge in [0.15, 0.2) is 5.69 Å². The van der Waals surface area contributed by atoms with Crippen molar-refractivity contribution >= 4 is 22.5 Å². The molecule has 0 bridgehead atoms. The van der Waals surface area contributed by atoms with E-state index in [1.54, 1.807) is 17.8 Å². The topological polar surface area (TPSA) is 64.0 Å². The molecule has 0 aliphatic heterocycles. The summed E-state index contributed by atoms with van der Waals surface area (Å²) in [7, 11) is 1.73. The molecule has 1 amide bonds. The van der Waals surface area contributed by atoms with Crippen molar-refractivity contribution in [3.05, 3.63) is 69.0 Å². The van der Waals surface area contributed by atoms with E-state index in [-0.39, 0.29) is 11.1 Å². The summed E-state index contributed by atoms with van der Waals surface area (Å²) in [5.74, 6) is -0.493. The molecular weight excluding hydrogens is 302 g/mol. The molecule has 0 spiro atoms. The fourth-order valence-corrected chi connectivity index (χ4v) is 2.69. The maximum absolute atomic E-state index is 12.7. The van der Waals surface area contributed by atoms with Gasteiger partial charge in [-0.05, 0) is 50.1 Å². The van der Waals surface area contributed by atoms with Gasteiger partial charge in [0, 0.05) is 12.7 Å². The van der Waals surface area contributed by atoms with Crippen LogP contribution in [0.2, 0.25) is 0 Å². The number of carbonyl (C=O) groups is 1. The number of benzene rings is 2. The zero-order chi connectivity index (χ0) is 17.4. The molecule has 24 heavy (non-hydrogen) atoms. The van der Waals surface area contributed by atoms with E-state index in [9.17, 15) is 9.59 Å². The number of fused-ring (bicyclic) bond motifs is 1. The predicted octanol–water partition coefficient (Wildman–Crippen LogP) is 3.11. The quantitative estimate of drug-likeness (QED) is 0.789. The molecular formula is C19H19N3O2. The number of aryl methyl sites for hydroxylation is 4. The van der Waals surface area contributed by atoms with E-state index < -0.39 is 5.91 Å². The average molecular weight is 321 g/mol. The van der Waals surface area contributed by atoms with Crippen LogP contribution in [0.4, 0.5) is 5.69 Å². The molecule has 122 valence electrons. The Morgan fingerprint density at radius 1 is 1.04 bits per heavy atom. The van der Waals surface area contributed by atoms with Crippen molar-refractivity contribution in [1.29, 1.82) is 0 Å². The summed E-state index contributed by atoms with van der Waals surface area (Å²) < 4.78 is 1.56. The molecule has 2 aromatic carbocycles. The monoisotopic (exact) mass is 321 g/mol. The van der Waals surface area contributed by atoms with E-state index in [1.165, 1.54) is 0 Å². The molecule has 1 N–H and O–H groups in total. The van der Waals surface area contributed by atoms with Gasteiger partial charge in [-0.1, -0.05) is 23.8 Å². The summed E-state index contributed by atoms with van der Waals surface area (Å²) in [6.45, 7) is 5.77. The second kappa shape index (κ2) is 5.92. The van der Waals surface area contributed by atoms with Crippen LogP contribution in [-0.4, -0.2) is 15.7 Å². The van der Waals surface area contributed by atoms with Crippen LogP contribution in [0.25, 0.3) is 10.9 Å². The summed E-state index contributed by atoms with van der Waals surface area (Å²) in [6.07, 6.45) is 0. The second-order valence-electron chi connectivity index (χ2n) is 6.09. The van der Waals surface area contributed by atoms with Crippen LogP contribution in [0.3, 0.4) is 0 Å². The zero-order valence-electron chi connectivity index (χ0n) is 14.2. The van der Waals surface area contributed by atoms with E-state index in [0.717, 1.165) is 16.7 Å². The number of rotatable bonds is 2. The molecule has 0 unspecified atom stereocenters. The molecule has 3 rings (SSSR count). The van der Waals surface area contributed by atoms with Gasteiger partial charge in [-0.25, -0.2) is 0 Å². The molecule has 0 atom stereocenters. The van der Waals surface area contributed by atoms with Crippen molar-refractivity contribution < 1.29 is 4.79 Å². The highest BCUT2D eigenvalue weighted by atomic mass is 16.2. The Labute approximate surface area is 139 Å². The number of aromatic nitrogens is 2. The number of hydrogen-bond acceptors (Lipinski definition) is 3. The highest BCUT2D eigenvalue weighted by Gasteiger charge is 2.17. The van der Waals surface area contributed by atoms with Gasteiger partial charge in [0.2, 0.25) is 5.43 Å². The molecule has 5 heteroatoms. The third kappa shape index (κ3) is 2.80. The fraction of sp³-hybridized carbons (Fsp3) is 0.211. The van der Waals surface area contributed by atoms with Crippen LogP contribution >= 0.6 is 0 Å². The average Bonchev–Trinajstić information content (AvgIpc) is 2.54. The van der Waals surface area contributed by atoms with Crippen LogP contribution in [0.1, 0.15) is 27.2 Å². The van der Waals surface area contributed by atoms with Crippen LogP contribution in [-0.2, 0) is 7.05 Å². The Balaban J connectivity index is 2.09. The lowest BCUT2D eigenvalue weighted by Gasteiger charge is -2.11. The maximum atomic E-state index is 12.7. The SMILES string of the molecule is Cc1ccc(C)c(NC(=O)c2nn(C)c3ccc(C)cc3c2=O)c1. The molecule has 0 aliphatic rings. The van der Waals surface area contributed by atoms with Gasteiger partial charge in [0.05, 0.1) is 10.9 Å². The van der Waals surface area contributed by atoms with Crippen molar-refractivity contribution in [2.75, 3.05) is 5.32 Å². The van der Waals surface area contributed by atoms with E-state index >= 15 is 0 Å². The first kappa shape index (κ1) is 15.9. The van der Waals surface area contributed by atoms with Crippen molar-refractivity contribution in [3.8, 4) is 0 Å². The van der Waals surface area contributed by atoms with E-state index in [4.69, 9.17) is 0 Å². The minimum Gasteiger partial charge on any atom is -0.320 e. The highest BCUT2D eigenvalue weighted by molar-refractivity contribution is 6.04. The van der Waals surface area contributed by atoms with Gasteiger partial charge < -0.3 is 5.32 Å². The maximum Gasteiger partial charge on any atom is 0.280 e. The molecule has 0 radical (unpaired) electrons. The summed E-state index contributed by atoms with van der Waals surface area (Å²) in [6, 6.07) is 11.3. The second-order valence-corrected chi connectivity index (χ2v) is 6.09. The Morgan fingerprint density at radius 2 is 1.71 bits per heavy atom. The highest BCUT2D eigenvalue weighted by Crippen LogP contribution is 2.17. The van der Waals surface area contributed by atoms with Crippen molar-refractivity contribution in [2.45, 2.75) is 20.8 Å². The van der Waals surface area contributed by atoms with Gasteiger partial charge in [0.1, 0.15) is 0 Å². The van der Waals surface area contributed by atoms with Crippen molar-refractivity contribution in [1.82, 2.24) is 9.78 Å². The first-order valence-corrected chi connectivity index (χ1v) is 7.73. The van der Waals surface area contributed by atoms with Crippen LogP contribution in [0, 0.1) is 20.8 Å². The Morgan fingerprint density at radius 3 is 2.46 bits per heavy atom. The van der Waals surface area contributed by atoms with E-state index in [2.05, 4.69) is 10.4 Å². The number of nitrogens with one attached hydrogen (secondary N) is 1. The minimum absolute atomic E-state index is 0.100. The summed E-state index contributed by atoms with van der Waals surface area (Å²) >= 11 is 0. The van der Waals surface area contributed by atoms with Gasteiger partial charge in [0.25, 0.3) is 5.91 Å². The molecule has 0 aliphatic carbocycles. The number of anilines is 1. The first-order chi connectivity index (χ1) is 11.4. The molecule has 1 aromatic heterocycles. The normalized spacial score (nSPS) is 10.8. The molecule has 3 aromatic rings. The Hall–Kier alpha value is -2.95. The number of amides is 1. The van der Waals surface area contributed by atoms with E-state index in [1.807, 2.05) is 51.1 Å². The number of carbonyl (C=O) groups excluding carboxylic acids is 1. The van der Waals surface area contributed by atoms with Crippen LogP contribution < -0.4 is 10.7 Å². The summed E-state index contributed by atoms with van der Waals surface area (Å²) in [5, 5.41) is 7.47. The van der Waals surface area contributed by atoms with Gasteiger partial charge in [-0.15, -0.1) is 0 Å². The van der Waals surface area contributed by atoms with E-state index in [0.29, 0.717) is 16.6 Å². The lowest BCUT2D eigenvalue weighted by molar-refractivity contribution is 0.101. The van der Waals surface area contributed by atoms with Crippen LogP contribution in [0.15, 0.2) is 41.2 Å². The van der Waals surface area contributed by atoms with Crippen molar-refractivity contribution in [3.63, 3.8) is 0 Å². The first-order valence-electron chi connectivity index (χ1n) is 7.73. The van der Waals surface area contributed by atoms with Crippen LogP contribution in [0.5, 0.6) is 0 Å². The summed E-state index contributed by atoms with van der Waals surface area (Å²) in [4.78, 5) is 25.3. The largest absolute Gasteiger partial charge is 0.320 e. The minimum atomic E-state index is -0.493. The lowest BCUT2D eigenvalue weighted by atomic mass is 10.1. The molecule has 0 saturated carbocycles. The lowest BCUT2D eigenvalue weighted by Crippen LogP contribution is -2.26. The third-order valence-corrected chi connectivity index (χ3v) is 4.07. The molecule has 5 nitrogen and oxygen atoms in total. The van der Waals surface area contributed by atoms with Gasteiger partial charge >= 0.3 is 0 Å². The third-order valence-electron chi connectivity index (χ3n) is 4.07. The Bertz CT molecular complexity index is 1020. The number of nitrogens with zero attached hydrogens (tertiary/aromatic N) is 2.